The van der Waals surface area contributed by atoms with Gasteiger partial charge in [-0.1, -0.05) is 24.0 Å². The number of nitrogens with zero attached hydrogens (tertiary/aromatic N) is 1. The van der Waals surface area contributed by atoms with Crippen LogP contribution >= 0.6 is 27.3 Å². The number of rotatable bonds is 5. The molecule has 0 spiro atoms. The standard InChI is InChI=1S/C17H13BrN4OS/c1-10(11-2-4-14-15(8-11)24-17(23)22-14)13(19)6-7-20-16-5-3-12(18)9-21-16/h2-9,19H,1H2,(H,20,21)(H,22,23)/b7-6-,19-13?. The number of hydrogen-bond acceptors (Lipinski definition) is 5. The molecule has 0 aliphatic heterocycles. The SMILES string of the molecule is C=C(C(=N)/C=C\Nc1ccc(Br)cn1)c1ccc2[nH]c(=O)sc2c1. The first-order chi connectivity index (χ1) is 11.5. The van der Waals surface area contributed by atoms with Crippen LogP contribution in [-0.2, 0) is 0 Å². The minimum atomic E-state index is -0.0890. The molecule has 2 heterocycles. The number of halogens is 1. The van der Waals surface area contributed by atoms with E-state index in [1.54, 1.807) is 18.5 Å². The molecule has 0 amide bonds. The Labute approximate surface area is 150 Å². The summed E-state index contributed by atoms with van der Waals surface area (Å²) in [6.45, 7) is 3.97. The second-order valence-electron chi connectivity index (χ2n) is 4.96. The fourth-order valence-electron chi connectivity index (χ4n) is 2.06. The first-order valence-electron chi connectivity index (χ1n) is 6.98. The molecule has 0 radical (unpaired) electrons. The van der Waals surface area contributed by atoms with Crippen LogP contribution in [0.25, 0.3) is 15.8 Å². The Balaban J connectivity index is 1.70. The molecule has 3 N–H and O–H groups in total. The van der Waals surface area contributed by atoms with Gasteiger partial charge in [0.1, 0.15) is 5.82 Å². The van der Waals surface area contributed by atoms with Gasteiger partial charge >= 0.3 is 4.87 Å². The molecule has 0 atom stereocenters. The summed E-state index contributed by atoms with van der Waals surface area (Å²) in [7, 11) is 0. The second-order valence-corrected chi connectivity index (χ2v) is 6.89. The van der Waals surface area contributed by atoms with Gasteiger partial charge in [0.25, 0.3) is 0 Å². The van der Waals surface area contributed by atoms with Gasteiger partial charge in [0.15, 0.2) is 0 Å². The zero-order chi connectivity index (χ0) is 17.1. The fraction of sp³-hybridized carbons (Fsp3) is 0. The van der Waals surface area contributed by atoms with Gasteiger partial charge in [-0.2, -0.15) is 0 Å². The quantitative estimate of drug-likeness (QED) is 0.554. The molecule has 0 unspecified atom stereocenters. The van der Waals surface area contributed by atoms with Crippen LogP contribution in [0.5, 0.6) is 0 Å². The summed E-state index contributed by atoms with van der Waals surface area (Å²) in [5.41, 5.74) is 2.47. The first kappa shape index (κ1) is 16.4. The number of aromatic amines is 1. The van der Waals surface area contributed by atoms with Crippen molar-refractivity contribution in [3.8, 4) is 0 Å². The fourth-order valence-corrected chi connectivity index (χ4v) is 3.07. The van der Waals surface area contributed by atoms with Gasteiger partial charge in [-0.25, -0.2) is 4.98 Å². The number of anilines is 1. The number of pyridine rings is 1. The van der Waals surface area contributed by atoms with Crippen LogP contribution in [0, 0.1) is 5.41 Å². The molecule has 7 heteroatoms. The molecule has 2 aromatic heterocycles. The highest BCUT2D eigenvalue weighted by Crippen LogP contribution is 2.21. The lowest BCUT2D eigenvalue weighted by Gasteiger charge is -2.05. The Morgan fingerprint density at radius 2 is 2.21 bits per heavy atom. The van der Waals surface area contributed by atoms with Gasteiger partial charge in [-0.3, -0.25) is 4.79 Å². The molecule has 0 aliphatic rings. The van der Waals surface area contributed by atoms with Gasteiger partial charge in [0.2, 0.25) is 0 Å². The average molecular weight is 401 g/mol. The summed E-state index contributed by atoms with van der Waals surface area (Å²) in [6, 6.07) is 9.25. The third-order valence-electron chi connectivity index (χ3n) is 3.30. The Morgan fingerprint density at radius 3 is 2.96 bits per heavy atom. The van der Waals surface area contributed by atoms with E-state index in [2.05, 4.69) is 37.8 Å². The summed E-state index contributed by atoms with van der Waals surface area (Å²) in [6.07, 6.45) is 4.96. The monoisotopic (exact) mass is 400 g/mol. The Morgan fingerprint density at radius 1 is 1.38 bits per heavy atom. The minimum absolute atomic E-state index is 0.0890. The highest BCUT2D eigenvalue weighted by Gasteiger charge is 2.06. The largest absolute Gasteiger partial charge is 0.347 e. The maximum Gasteiger partial charge on any atom is 0.305 e. The van der Waals surface area contributed by atoms with Crippen molar-refractivity contribution in [3.63, 3.8) is 0 Å². The third-order valence-corrected chi connectivity index (χ3v) is 4.62. The number of benzene rings is 1. The maximum absolute atomic E-state index is 11.4. The van der Waals surface area contributed by atoms with Crippen LogP contribution < -0.4 is 10.2 Å². The van der Waals surface area contributed by atoms with Crippen molar-refractivity contribution in [2.75, 3.05) is 5.32 Å². The summed E-state index contributed by atoms with van der Waals surface area (Å²) >= 11 is 4.47. The number of thiazole rings is 1. The van der Waals surface area contributed by atoms with Crippen LogP contribution in [-0.4, -0.2) is 15.7 Å². The number of hydrogen-bond donors (Lipinski definition) is 3. The highest BCUT2D eigenvalue weighted by molar-refractivity contribution is 9.10. The normalized spacial score (nSPS) is 11.0. The third kappa shape index (κ3) is 3.69. The molecular formula is C17H13BrN4OS. The number of allylic oxidation sites excluding steroid dienone is 2. The molecule has 0 bridgehead atoms. The number of H-pyrrole nitrogens is 1. The molecule has 0 saturated carbocycles. The van der Waals surface area contributed by atoms with Crippen molar-refractivity contribution in [1.82, 2.24) is 9.97 Å². The molecule has 5 nitrogen and oxygen atoms in total. The molecule has 0 aliphatic carbocycles. The van der Waals surface area contributed by atoms with Crippen molar-refractivity contribution in [3.05, 3.63) is 75.1 Å². The van der Waals surface area contributed by atoms with Crippen LogP contribution in [0.15, 0.2) is 64.7 Å². The second kappa shape index (κ2) is 6.94. The molecule has 120 valence electrons. The number of fused-ring (bicyclic) bond motifs is 1. The summed E-state index contributed by atoms with van der Waals surface area (Å²) < 4.78 is 1.76. The topological polar surface area (TPSA) is 81.6 Å². The van der Waals surface area contributed by atoms with E-state index in [0.29, 0.717) is 11.4 Å². The smallest absolute Gasteiger partial charge is 0.305 e. The molecule has 1 aromatic carbocycles. The Hall–Kier alpha value is -2.51. The Bertz CT molecular complexity index is 1000. The molecule has 0 fully saturated rings. The zero-order valence-corrected chi connectivity index (χ0v) is 14.9. The van der Waals surface area contributed by atoms with Crippen LogP contribution in [0.2, 0.25) is 0 Å². The van der Waals surface area contributed by atoms with Gasteiger partial charge in [-0.05, 0) is 57.4 Å². The van der Waals surface area contributed by atoms with E-state index < -0.39 is 0 Å². The van der Waals surface area contributed by atoms with E-state index >= 15 is 0 Å². The first-order valence-corrected chi connectivity index (χ1v) is 8.59. The molecular weight excluding hydrogens is 388 g/mol. The lowest BCUT2D eigenvalue weighted by molar-refractivity contribution is 1.29. The maximum atomic E-state index is 11.4. The summed E-state index contributed by atoms with van der Waals surface area (Å²) in [5.74, 6) is 0.686. The van der Waals surface area contributed by atoms with Crippen LogP contribution in [0.1, 0.15) is 5.56 Å². The van der Waals surface area contributed by atoms with Gasteiger partial charge < -0.3 is 15.7 Å². The van der Waals surface area contributed by atoms with Crippen LogP contribution in [0.4, 0.5) is 5.82 Å². The number of nitrogens with one attached hydrogen (secondary N) is 3. The van der Waals surface area contributed by atoms with E-state index in [1.807, 2.05) is 30.3 Å². The average Bonchev–Trinajstić information content (AvgIpc) is 2.95. The van der Waals surface area contributed by atoms with E-state index in [4.69, 9.17) is 5.41 Å². The van der Waals surface area contributed by atoms with Crippen LogP contribution in [0.3, 0.4) is 0 Å². The summed E-state index contributed by atoms with van der Waals surface area (Å²) in [5, 5.41) is 11.1. The lowest BCUT2D eigenvalue weighted by atomic mass is 10.0. The zero-order valence-electron chi connectivity index (χ0n) is 12.5. The van der Waals surface area contributed by atoms with Crippen molar-refractivity contribution in [2.24, 2.45) is 0 Å². The molecule has 0 saturated heterocycles. The minimum Gasteiger partial charge on any atom is -0.347 e. The lowest BCUT2D eigenvalue weighted by Crippen LogP contribution is -1.98. The van der Waals surface area contributed by atoms with E-state index in [1.165, 1.54) is 0 Å². The highest BCUT2D eigenvalue weighted by atomic mass is 79.9. The van der Waals surface area contributed by atoms with Crippen molar-refractivity contribution in [1.29, 1.82) is 5.41 Å². The van der Waals surface area contributed by atoms with E-state index in [9.17, 15) is 4.79 Å². The van der Waals surface area contributed by atoms with Crippen molar-refractivity contribution < 1.29 is 0 Å². The molecule has 24 heavy (non-hydrogen) atoms. The van der Waals surface area contributed by atoms with Crippen molar-refractivity contribution >= 4 is 54.6 Å². The predicted molar refractivity (Wildman–Crippen MR) is 104 cm³/mol. The molecule has 3 rings (SSSR count). The number of aromatic nitrogens is 2. The predicted octanol–water partition coefficient (Wildman–Crippen LogP) is 4.41. The van der Waals surface area contributed by atoms with Gasteiger partial charge in [0.05, 0.1) is 15.9 Å². The molecule has 3 aromatic rings. The van der Waals surface area contributed by atoms with Gasteiger partial charge in [-0.15, -0.1) is 0 Å². The van der Waals surface area contributed by atoms with Gasteiger partial charge in [0, 0.05) is 16.9 Å². The van der Waals surface area contributed by atoms with E-state index in [-0.39, 0.29) is 10.6 Å². The van der Waals surface area contributed by atoms with Crippen molar-refractivity contribution in [2.45, 2.75) is 0 Å². The summed E-state index contributed by atoms with van der Waals surface area (Å²) in [4.78, 5) is 18.2. The van der Waals surface area contributed by atoms with E-state index in [0.717, 1.165) is 31.6 Å². The Kier molecular flexibility index (Phi) is 4.73.